The van der Waals surface area contributed by atoms with E-state index in [1.165, 1.54) is 0 Å². The number of nitrogens with zero attached hydrogens (tertiary/aromatic N) is 1. The van der Waals surface area contributed by atoms with Gasteiger partial charge in [0.25, 0.3) is 11.8 Å². The van der Waals surface area contributed by atoms with Crippen LogP contribution in [0.2, 0.25) is 0 Å². The van der Waals surface area contributed by atoms with Crippen LogP contribution in [0.5, 0.6) is 0 Å². The first kappa shape index (κ1) is 14.6. The molecule has 1 aromatic carbocycles. The zero-order valence-electron chi connectivity index (χ0n) is 11.2. The summed E-state index contributed by atoms with van der Waals surface area (Å²) in [6.45, 7) is 3.40. The Balaban J connectivity index is 2.41. The standard InChI is InChI=1S/C14H15F2NO3/c1-7(2)3-8(6-18)17-13(19)9-4-11(15)12(16)5-10(9)14(17)20/h4-5,7-8,18H,3,6H2,1-2H3. The SMILES string of the molecule is CC(C)CC(CO)N1C(=O)c2cc(F)c(F)cc2C1=O. The van der Waals surface area contributed by atoms with Crippen LogP contribution in [-0.2, 0) is 0 Å². The maximum Gasteiger partial charge on any atom is 0.261 e. The van der Waals surface area contributed by atoms with Crippen molar-refractivity contribution in [1.29, 1.82) is 0 Å². The van der Waals surface area contributed by atoms with E-state index in [2.05, 4.69) is 0 Å². The highest BCUT2D eigenvalue weighted by Gasteiger charge is 2.40. The zero-order valence-corrected chi connectivity index (χ0v) is 11.2. The number of hydrogen-bond donors (Lipinski definition) is 1. The normalized spacial score (nSPS) is 16.0. The lowest BCUT2D eigenvalue weighted by atomic mass is 10.0. The minimum Gasteiger partial charge on any atom is -0.394 e. The third-order valence-electron chi connectivity index (χ3n) is 3.28. The van der Waals surface area contributed by atoms with E-state index in [0.29, 0.717) is 6.42 Å². The molecule has 1 heterocycles. The van der Waals surface area contributed by atoms with Gasteiger partial charge in [-0.1, -0.05) is 13.8 Å². The average molecular weight is 283 g/mol. The van der Waals surface area contributed by atoms with Crippen molar-refractivity contribution in [2.45, 2.75) is 26.3 Å². The third-order valence-corrected chi connectivity index (χ3v) is 3.28. The lowest BCUT2D eigenvalue weighted by Gasteiger charge is -2.25. The number of fused-ring (bicyclic) bond motifs is 1. The van der Waals surface area contributed by atoms with Crippen LogP contribution in [0, 0.1) is 17.6 Å². The summed E-state index contributed by atoms with van der Waals surface area (Å²) in [4.78, 5) is 25.2. The Morgan fingerprint density at radius 2 is 1.55 bits per heavy atom. The van der Waals surface area contributed by atoms with Crippen molar-refractivity contribution in [2.24, 2.45) is 5.92 Å². The summed E-state index contributed by atoms with van der Waals surface area (Å²) in [5.74, 6) is -3.57. The largest absolute Gasteiger partial charge is 0.394 e. The number of rotatable bonds is 4. The molecule has 0 saturated heterocycles. The molecular formula is C14H15F2NO3. The van der Waals surface area contributed by atoms with Gasteiger partial charge in [0.2, 0.25) is 0 Å². The molecule has 0 saturated carbocycles. The van der Waals surface area contributed by atoms with Crippen molar-refractivity contribution in [3.05, 3.63) is 34.9 Å². The highest BCUT2D eigenvalue weighted by molar-refractivity contribution is 6.21. The summed E-state index contributed by atoms with van der Waals surface area (Å²) in [5, 5.41) is 9.36. The van der Waals surface area contributed by atoms with Crippen molar-refractivity contribution in [3.63, 3.8) is 0 Å². The second kappa shape index (κ2) is 5.28. The fraction of sp³-hybridized carbons (Fsp3) is 0.429. The number of halogens is 2. The lowest BCUT2D eigenvalue weighted by Crippen LogP contribution is -2.42. The predicted molar refractivity (Wildman–Crippen MR) is 67.2 cm³/mol. The number of aliphatic hydroxyl groups excluding tert-OH is 1. The molecule has 108 valence electrons. The van der Waals surface area contributed by atoms with E-state index < -0.39 is 29.5 Å². The lowest BCUT2D eigenvalue weighted by molar-refractivity contribution is 0.0489. The Bertz CT molecular complexity index is 531. The van der Waals surface area contributed by atoms with Crippen LogP contribution in [0.15, 0.2) is 12.1 Å². The average Bonchev–Trinajstić information content (AvgIpc) is 2.60. The quantitative estimate of drug-likeness (QED) is 0.859. The summed E-state index contributed by atoms with van der Waals surface area (Å²) in [7, 11) is 0. The molecule has 1 unspecified atom stereocenters. The Kier molecular flexibility index (Phi) is 3.85. The molecule has 0 radical (unpaired) electrons. The van der Waals surface area contributed by atoms with Crippen molar-refractivity contribution >= 4 is 11.8 Å². The molecular weight excluding hydrogens is 268 g/mol. The molecule has 6 heteroatoms. The number of carbonyl (C=O) groups is 2. The maximum atomic E-state index is 13.2. The molecule has 0 bridgehead atoms. The minimum absolute atomic E-state index is 0.156. The van der Waals surface area contributed by atoms with Crippen LogP contribution >= 0.6 is 0 Å². The molecule has 2 amide bonds. The highest BCUT2D eigenvalue weighted by Crippen LogP contribution is 2.28. The second-order valence-electron chi connectivity index (χ2n) is 5.26. The summed E-state index contributed by atoms with van der Waals surface area (Å²) in [6.07, 6.45) is 0.424. The van der Waals surface area contributed by atoms with Crippen molar-refractivity contribution in [2.75, 3.05) is 6.61 Å². The molecule has 1 aromatic rings. The van der Waals surface area contributed by atoms with Crippen LogP contribution in [-0.4, -0.2) is 34.5 Å². The van der Waals surface area contributed by atoms with Gasteiger partial charge in [-0.2, -0.15) is 0 Å². The molecule has 0 spiro atoms. The molecule has 1 aliphatic rings. The number of imide groups is 1. The van der Waals surface area contributed by atoms with Crippen molar-refractivity contribution in [3.8, 4) is 0 Å². The Labute approximate surface area is 115 Å². The van der Waals surface area contributed by atoms with Gasteiger partial charge in [0.15, 0.2) is 11.6 Å². The van der Waals surface area contributed by atoms with Gasteiger partial charge in [-0.25, -0.2) is 8.78 Å². The van der Waals surface area contributed by atoms with Gasteiger partial charge >= 0.3 is 0 Å². The summed E-state index contributed by atoms with van der Waals surface area (Å²) in [6, 6.07) is 0.775. The Morgan fingerprint density at radius 3 is 1.90 bits per heavy atom. The van der Waals surface area contributed by atoms with E-state index in [9.17, 15) is 23.5 Å². The number of benzene rings is 1. The molecule has 2 rings (SSSR count). The Morgan fingerprint density at radius 1 is 1.10 bits per heavy atom. The monoisotopic (exact) mass is 283 g/mol. The number of aliphatic hydroxyl groups is 1. The van der Waals surface area contributed by atoms with E-state index in [1.54, 1.807) is 0 Å². The summed E-state index contributed by atoms with van der Waals surface area (Å²) >= 11 is 0. The molecule has 4 nitrogen and oxygen atoms in total. The first-order valence-electron chi connectivity index (χ1n) is 6.34. The third kappa shape index (κ3) is 2.31. The van der Waals surface area contributed by atoms with Gasteiger partial charge in [0, 0.05) is 0 Å². The van der Waals surface area contributed by atoms with Crippen LogP contribution in [0.1, 0.15) is 41.0 Å². The number of amides is 2. The van der Waals surface area contributed by atoms with Gasteiger partial charge in [-0.3, -0.25) is 14.5 Å². The number of carbonyl (C=O) groups excluding carboxylic acids is 2. The van der Waals surface area contributed by atoms with Crippen molar-refractivity contribution in [1.82, 2.24) is 4.90 Å². The molecule has 0 aliphatic carbocycles. The zero-order chi connectivity index (χ0) is 15.0. The highest BCUT2D eigenvalue weighted by atomic mass is 19.2. The van der Waals surface area contributed by atoms with Gasteiger partial charge in [0.1, 0.15) is 0 Å². The number of hydrogen-bond acceptors (Lipinski definition) is 3. The molecule has 1 aliphatic heterocycles. The predicted octanol–water partition coefficient (Wildman–Crippen LogP) is 1.97. The van der Waals surface area contributed by atoms with Gasteiger partial charge in [0.05, 0.1) is 23.8 Å². The van der Waals surface area contributed by atoms with E-state index in [4.69, 9.17) is 0 Å². The first-order valence-corrected chi connectivity index (χ1v) is 6.34. The molecule has 1 atom stereocenters. The van der Waals surface area contributed by atoms with Crippen LogP contribution in [0.3, 0.4) is 0 Å². The van der Waals surface area contributed by atoms with E-state index >= 15 is 0 Å². The fourth-order valence-corrected chi connectivity index (χ4v) is 2.39. The van der Waals surface area contributed by atoms with Crippen LogP contribution in [0.4, 0.5) is 8.78 Å². The van der Waals surface area contributed by atoms with Crippen LogP contribution in [0.25, 0.3) is 0 Å². The minimum atomic E-state index is -1.17. The molecule has 1 N–H and O–H groups in total. The van der Waals surface area contributed by atoms with E-state index in [0.717, 1.165) is 17.0 Å². The first-order chi connectivity index (χ1) is 9.36. The smallest absolute Gasteiger partial charge is 0.261 e. The van der Waals surface area contributed by atoms with Crippen molar-refractivity contribution < 1.29 is 23.5 Å². The maximum absolute atomic E-state index is 13.2. The molecule has 0 aromatic heterocycles. The summed E-state index contributed by atoms with van der Waals surface area (Å²) in [5.41, 5.74) is -0.313. The van der Waals surface area contributed by atoms with Crippen LogP contribution < -0.4 is 0 Å². The fourth-order valence-electron chi connectivity index (χ4n) is 2.39. The Hall–Kier alpha value is -1.82. The molecule has 20 heavy (non-hydrogen) atoms. The van der Waals surface area contributed by atoms with E-state index in [1.807, 2.05) is 13.8 Å². The van der Waals surface area contributed by atoms with Gasteiger partial charge in [-0.05, 0) is 24.5 Å². The van der Waals surface area contributed by atoms with Gasteiger partial charge in [-0.15, -0.1) is 0 Å². The van der Waals surface area contributed by atoms with E-state index in [-0.39, 0.29) is 23.7 Å². The molecule has 0 fully saturated rings. The second-order valence-corrected chi connectivity index (χ2v) is 5.26. The summed E-state index contributed by atoms with van der Waals surface area (Å²) < 4.78 is 26.4. The topological polar surface area (TPSA) is 57.6 Å². The van der Waals surface area contributed by atoms with Gasteiger partial charge < -0.3 is 5.11 Å².